The zero-order valence-electron chi connectivity index (χ0n) is 14.3. The van der Waals surface area contributed by atoms with Gasteiger partial charge in [-0.1, -0.05) is 0 Å². The number of hydrogen-bond donors (Lipinski definition) is 2. The van der Waals surface area contributed by atoms with Gasteiger partial charge in [0.25, 0.3) is 5.91 Å². The van der Waals surface area contributed by atoms with Crippen LogP contribution >= 0.6 is 0 Å². The van der Waals surface area contributed by atoms with E-state index in [0.717, 1.165) is 30.5 Å². The molecule has 26 heavy (non-hydrogen) atoms. The van der Waals surface area contributed by atoms with Crippen molar-refractivity contribution in [3.05, 3.63) is 29.8 Å². The fraction of sp³-hybridized carbons (Fsp3) is 0.529. The van der Waals surface area contributed by atoms with Gasteiger partial charge in [-0.15, -0.1) is 0 Å². The summed E-state index contributed by atoms with van der Waals surface area (Å²) in [6, 6.07) is 6.03. The van der Waals surface area contributed by atoms with Gasteiger partial charge in [-0.25, -0.2) is 8.42 Å². The third kappa shape index (κ3) is 3.10. The summed E-state index contributed by atoms with van der Waals surface area (Å²) in [7, 11) is -3.73. The Morgan fingerprint density at radius 3 is 2.35 bits per heavy atom. The van der Waals surface area contributed by atoms with E-state index in [1.54, 1.807) is 12.1 Å². The molecule has 2 amide bonds. The first kappa shape index (κ1) is 17.4. The maximum Gasteiger partial charge on any atom is 0.253 e. The molecule has 8 nitrogen and oxygen atoms in total. The second kappa shape index (κ2) is 6.64. The van der Waals surface area contributed by atoms with Crippen molar-refractivity contribution in [2.45, 2.75) is 4.90 Å². The van der Waals surface area contributed by atoms with Gasteiger partial charge in [0.05, 0.1) is 11.4 Å². The first-order valence-corrected chi connectivity index (χ1v) is 10.3. The normalized spacial score (nSPS) is 26.6. The summed E-state index contributed by atoms with van der Waals surface area (Å²) in [4.78, 5) is 26.1. The summed E-state index contributed by atoms with van der Waals surface area (Å²) in [6.07, 6.45) is 0. The predicted molar refractivity (Wildman–Crippen MR) is 94.0 cm³/mol. The van der Waals surface area contributed by atoms with Gasteiger partial charge >= 0.3 is 0 Å². The smallest absolute Gasteiger partial charge is 0.253 e. The molecular weight excluding hydrogens is 356 g/mol. The number of amides is 2. The number of likely N-dealkylation sites (tertiary alicyclic amines) is 1. The molecule has 1 aromatic carbocycles. The Bertz CT molecular complexity index is 812. The van der Waals surface area contributed by atoms with E-state index in [9.17, 15) is 18.0 Å². The zero-order valence-corrected chi connectivity index (χ0v) is 15.2. The lowest BCUT2D eigenvalue weighted by atomic mass is 10.0. The first-order chi connectivity index (χ1) is 12.4. The molecule has 3 heterocycles. The van der Waals surface area contributed by atoms with Crippen molar-refractivity contribution in [2.75, 3.05) is 45.8 Å². The molecule has 9 heteroatoms. The Morgan fingerprint density at radius 2 is 1.73 bits per heavy atom. The molecule has 3 aliphatic rings. The quantitative estimate of drug-likeness (QED) is 0.710. The van der Waals surface area contributed by atoms with Gasteiger partial charge in [-0.3, -0.25) is 9.59 Å². The molecule has 0 aliphatic carbocycles. The second-order valence-electron chi connectivity index (χ2n) is 7.10. The minimum atomic E-state index is -3.73. The van der Waals surface area contributed by atoms with Crippen LogP contribution < -0.4 is 10.6 Å². The number of benzene rings is 1. The molecule has 0 unspecified atom stereocenters. The lowest BCUT2D eigenvalue weighted by Crippen LogP contribution is -2.49. The van der Waals surface area contributed by atoms with Crippen molar-refractivity contribution < 1.29 is 18.0 Å². The minimum Gasteiger partial charge on any atom is -0.354 e. The topological polar surface area (TPSA) is 98.8 Å². The standard InChI is InChI=1S/C17H22N4O4S/c22-16-11-21(6-5-19-16)26(24,25)15-3-1-12(2-4-15)17(23)20-9-13-7-18-8-14(13)10-20/h1-4,13-14,18H,5-11H2,(H,19,22)/t13-,14+. The molecule has 2 atom stereocenters. The van der Waals surface area contributed by atoms with Crippen molar-refractivity contribution in [1.29, 1.82) is 0 Å². The molecule has 3 saturated heterocycles. The van der Waals surface area contributed by atoms with Gasteiger partial charge in [0.1, 0.15) is 0 Å². The molecule has 3 aliphatic heterocycles. The van der Waals surface area contributed by atoms with E-state index >= 15 is 0 Å². The van der Waals surface area contributed by atoms with Crippen LogP contribution in [-0.2, 0) is 14.8 Å². The SMILES string of the molecule is O=C1CN(S(=O)(=O)c2ccc(C(=O)N3C[C@H]4CNC[C@H]4C3)cc2)CCN1. The molecule has 0 saturated carbocycles. The number of piperazine rings is 1. The van der Waals surface area contributed by atoms with E-state index in [-0.39, 0.29) is 29.8 Å². The predicted octanol–water partition coefficient (Wildman–Crippen LogP) is -0.901. The summed E-state index contributed by atoms with van der Waals surface area (Å²) in [5.41, 5.74) is 0.494. The number of carbonyl (C=O) groups is 2. The molecule has 4 rings (SSSR count). The second-order valence-corrected chi connectivity index (χ2v) is 9.04. The average molecular weight is 378 g/mol. The van der Waals surface area contributed by atoms with Crippen LogP contribution in [-0.4, -0.2) is 75.3 Å². The van der Waals surface area contributed by atoms with Crippen LogP contribution in [0, 0.1) is 11.8 Å². The van der Waals surface area contributed by atoms with Gasteiger partial charge in [0, 0.05) is 44.8 Å². The van der Waals surface area contributed by atoms with E-state index < -0.39 is 10.0 Å². The maximum atomic E-state index is 12.7. The van der Waals surface area contributed by atoms with Gasteiger partial charge in [0.15, 0.2) is 0 Å². The van der Waals surface area contributed by atoms with Gasteiger partial charge < -0.3 is 15.5 Å². The largest absolute Gasteiger partial charge is 0.354 e. The maximum absolute atomic E-state index is 12.7. The highest BCUT2D eigenvalue weighted by atomic mass is 32.2. The number of nitrogens with zero attached hydrogens (tertiary/aromatic N) is 2. The van der Waals surface area contributed by atoms with Crippen LogP contribution in [0.25, 0.3) is 0 Å². The number of nitrogens with one attached hydrogen (secondary N) is 2. The van der Waals surface area contributed by atoms with Crippen LogP contribution in [0.4, 0.5) is 0 Å². The van der Waals surface area contributed by atoms with Crippen molar-refractivity contribution in [1.82, 2.24) is 19.8 Å². The van der Waals surface area contributed by atoms with Gasteiger partial charge in [-0.05, 0) is 36.1 Å². The van der Waals surface area contributed by atoms with Gasteiger partial charge in [-0.2, -0.15) is 4.31 Å². The molecule has 1 aromatic rings. The molecule has 2 N–H and O–H groups in total. The number of sulfonamides is 1. The molecule has 3 fully saturated rings. The lowest BCUT2D eigenvalue weighted by molar-refractivity contribution is -0.122. The molecule has 140 valence electrons. The lowest BCUT2D eigenvalue weighted by Gasteiger charge is -2.26. The van der Waals surface area contributed by atoms with Crippen LogP contribution in [0.1, 0.15) is 10.4 Å². The Labute approximate surface area is 152 Å². The highest BCUT2D eigenvalue weighted by Gasteiger charge is 2.38. The molecule has 0 radical (unpaired) electrons. The summed E-state index contributed by atoms with van der Waals surface area (Å²) < 4.78 is 26.5. The fourth-order valence-electron chi connectivity index (χ4n) is 3.94. The third-order valence-electron chi connectivity index (χ3n) is 5.42. The monoisotopic (exact) mass is 378 g/mol. The van der Waals surface area contributed by atoms with E-state index in [2.05, 4.69) is 10.6 Å². The fourth-order valence-corrected chi connectivity index (χ4v) is 5.34. The van der Waals surface area contributed by atoms with Crippen molar-refractivity contribution in [3.63, 3.8) is 0 Å². The number of fused-ring (bicyclic) bond motifs is 1. The summed E-state index contributed by atoms with van der Waals surface area (Å²) >= 11 is 0. The van der Waals surface area contributed by atoms with Crippen LogP contribution in [0.2, 0.25) is 0 Å². The van der Waals surface area contributed by atoms with E-state index in [0.29, 0.717) is 23.9 Å². The summed E-state index contributed by atoms with van der Waals surface area (Å²) in [5.74, 6) is 0.675. The van der Waals surface area contributed by atoms with Crippen molar-refractivity contribution in [2.24, 2.45) is 11.8 Å². The van der Waals surface area contributed by atoms with Crippen molar-refractivity contribution >= 4 is 21.8 Å². The average Bonchev–Trinajstić information content (AvgIpc) is 3.23. The molecule has 0 bridgehead atoms. The summed E-state index contributed by atoms with van der Waals surface area (Å²) in [6.45, 7) is 3.79. The van der Waals surface area contributed by atoms with E-state index in [4.69, 9.17) is 0 Å². The molecule has 0 spiro atoms. The Hall–Kier alpha value is -1.97. The Kier molecular flexibility index (Phi) is 4.45. The highest BCUT2D eigenvalue weighted by molar-refractivity contribution is 7.89. The minimum absolute atomic E-state index is 0.0549. The number of hydrogen-bond acceptors (Lipinski definition) is 5. The van der Waals surface area contributed by atoms with Crippen molar-refractivity contribution in [3.8, 4) is 0 Å². The Balaban J connectivity index is 1.48. The number of carbonyl (C=O) groups excluding carboxylic acids is 2. The van der Waals surface area contributed by atoms with E-state index in [1.807, 2.05) is 4.90 Å². The van der Waals surface area contributed by atoms with Crippen LogP contribution in [0.15, 0.2) is 29.2 Å². The summed E-state index contributed by atoms with van der Waals surface area (Å²) in [5, 5.41) is 5.95. The third-order valence-corrected chi connectivity index (χ3v) is 7.28. The zero-order chi connectivity index (χ0) is 18.3. The first-order valence-electron chi connectivity index (χ1n) is 8.82. The van der Waals surface area contributed by atoms with Crippen LogP contribution in [0.3, 0.4) is 0 Å². The number of rotatable bonds is 3. The van der Waals surface area contributed by atoms with Gasteiger partial charge in [0.2, 0.25) is 15.9 Å². The highest BCUT2D eigenvalue weighted by Crippen LogP contribution is 2.27. The Morgan fingerprint density at radius 1 is 1.08 bits per heavy atom. The van der Waals surface area contributed by atoms with E-state index in [1.165, 1.54) is 12.1 Å². The van der Waals surface area contributed by atoms with Crippen LogP contribution in [0.5, 0.6) is 0 Å². The molecule has 0 aromatic heterocycles. The molecular formula is C17H22N4O4S.